The third-order valence-electron chi connectivity index (χ3n) is 5.30. The Labute approximate surface area is 180 Å². The van der Waals surface area contributed by atoms with E-state index in [9.17, 15) is 9.59 Å². The highest BCUT2D eigenvalue weighted by Crippen LogP contribution is 2.43. The molecular formula is C26H30N2O2. The second-order valence-corrected chi connectivity index (χ2v) is 7.46. The largest absolute Gasteiger partial charge is 0.338 e. The predicted octanol–water partition coefficient (Wildman–Crippen LogP) is 3.71. The topological polar surface area (TPSA) is 58.2 Å². The summed E-state index contributed by atoms with van der Waals surface area (Å²) < 4.78 is 0. The fraction of sp³-hybridized carbons (Fsp3) is 0.385. The number of nitrogens with one attached hydrogen (secondary N) is 2. The van der Waals surface area contributed by atoms with Crippen molar-refractivity contribution < 1.29 is 9.59 Å². The molecule has 0 aliphatic heterocycles. The van der Waals surface area contributed by atoms with Gasteiger partial charge in [0.1, 0.15) is 0 Å². The Morgan fingerprint density at radius 2 is 1.83 bits per heavy atom. The molecule has 30 heavy (non-hydrogen) atoms. The van der Waals surface area contributed by atoms with Crippen LogP contribution in [0.5, 0.6) is 0 Å². The number of carbonyl (C=O) groups is 2. The van der Waals surface area contributed by atoms with E-state index in [0.717, 1.165) is 18.4 Å². The fourth-order valence-corrected chi connectivity index (χ4v) is 3.90. The number of rotatable bonds is 7. The molecule has 4 heteroatoms. The molecule has 2 amide bonds. The summed E-state index contributed by atoms with van der Waals surface area (Å²) in [5, 5.41) is 5.65. The van der Waals surface area contributed by atoms with Crippen molar-refractivity contribution in [2.75, 3.05) is 6.67 Å². The van der Waals surface area contributed by atoms with Crippen molar-refractivity contribution in [1.29, 1.82) is 0 Å². The van der Waals surface area contributed by atoms with Crippen molar-refractivity contribution in [3.05, 3.63) is 60.2 Å². The first-order valence-electron chi connectivity index (χ1n) is 10.4. The van der Waals surface area contributed by atoms with Gasteiger partial charge in [0.25, 0.3) is 0 Å². The van der Waals surface area contributed by atoms with E-state index < -0.39 is 5.41 Å². The third kappa shape index (κ3) is 5.65. The summed E-state index contributed by atoms with van der Waals surface area (Å²) >= 11 is 0. The molecule has 2 unspecified atom stereocenters. The van der Waals surface area contributed by atoms with E-state index in [0.29, 0.717) is 0 Å². The lowest BCUT2D eigenvalue weighted by atomic mass is 9.61. The van der Waals surface area contributed by atoms with Gasteiger partial charge in [0, 0.05) is 6.42 Å². The number of amides is 2. The van der Waals surface area contributed by atoms with Crippen LogP contribution in [0.2, 0.25) is 0 Å². The first-order valence-corrected chi connectivity index (χ1v) is 10.4. The van der Waals surface area contributed by atoms with Crippen LogP contribution in [0.3, 0.4) is 0 Å². The zero-order valence-electron chi connectivity index (χ0n) is 18.0. The van der Waals surface area contributed by atoms with E-state index in [4.69, 9.17) is 0 Å². The van der Waals surface area contributed by atoms with Crippen LogP contribution < -0.4 is 10.6 Å². The van der Waals surface area contributed by atoms with Crippen LogP contribution in [0.4, 0.5) is 0 Å². The first-order chi connectivity index (χ1) is 14.5. The standard InChI is InChI=1S/C26H30N2O2/c1-4-5-6-7-14-19-24(29)27-20-28-25(30)26(21(2)3,22-15-10-8-11-16-22)23-17-12-9-13-18-23/h8-13,15-17,21,23H,4,18-20H2,1-3H3,(H,27,29)(H,28,30). The Morgan fingerprint density at radius 1 is 1.10 bits per heavy atom. The zero-order chi connectivity index (χ0) is 21.8. The highest BCUT2D eigenvalue weighted by atomic mass is 16.2. The minimum atomic E-state index is -0.733. The molecule has 156 valence electrons. The van der Waals surface area contributed by atoms with Crippen LogP contribution in [-0.4, -0.2) is 18.5 Å². The molecule has 0 fully saturated rings. The number of hydrogen-bond donors (Lipinski definition) is 2. The van der Waals surface area contributed by atoms with Gasteiger partial charge in [-0.15, -0.1) is 0 Å². The summed E-state index contributed by atoms with van der Waals surface area (Å²) in [6.45, 7) is 6.15. The van der Waals surface area contributed by atoms with Crippen molar-refractivity contribution in [1.82, 2.24) is 10.6 Å². The van der Waals surface area contributed by atoms with Gasteiger partial charge in [0.05, 0.1) is 18.5 Å². The van der Waals surface area contributed by atoms with Gasteiger partial charge < -0.3 is 10.6 Å². The van der Waals surface area contributed by atoms with E-state index in [2.05, 4.69) is 60.3 Å². The highest BCUT2D eigenvalue weighted by molar-refractivity contribution is 5.90. The van der Waals surface area contributed by atoms with E-state index in [-0.39, 0.29) is 36.7 Å². The van der Waals surface area contributed by atoms with Crippen molar-refractivity contribution >= 4 is 11.8 Å². The molecule has 2 atom stereocenters. The molecule has 1 aromatic carbocycles. The van der Waals surface area contributed by atoms with Gasteiger partial charge in [-0.05, 0) is 35.7 Å². The van der Waals surface area contributed by atoms with Crippen LogP contribution in [0.1, 0.15) is 45.6 Å². The minimum absolute atomic E-state index is 0.0311. The molecule has 1 aliphatic rings. The van der Waals surface area contributed by atoms with E-state index >= 15 is 0 Å². The summed E-state index contributed by atoms with van der Waals surface area (Å²) in [5.41, 5.74) is 0.247. The average molecular weight is 403 g/mol. The quantitative estimate of drug-likeness (QED) is 0.540. The molecule has 0 aromatic heterocycles. The Kier molecular flexibility index (Phi) is 8.98. The van der Waals surface area contributed by atoms with Gasteiger partial charge >= 0.3 is 0 Å². The maximum Gasteiger partial charge on any atom is 0.233 e. The van der Waals surface area contributed by atoms with Gasteiger partial charge in [-0.2, -0.15) is 0 Å². The Morgan fingerprint density at radius 3 is 2.47 bits per heavy atom. The molecule has 1 aliphatic carbocycles. The highest BCUT2D eigenvalue weighted by Gasteiger charge is 2.48. The molecule has 0 saturated carbocycles. The van der Waals surface area contributed by atoms with Crippen LogP contribution in [0.15, 0.2) is 54.6 Å². The van der Waals surface area contributed by atoms with Crippen molar-refractivity contribution in [2.24, 2.45) is 11.8 Å². The smallest absolute Gasteiger partial charge is 0.233 e. The molecule has 2 N–H and O–H groups in total. The number of carbonyl (C=O) groups excluding carboxylic acids is 2. The Bertz CT molecular complexity index is 907. The molecule has 1 aromatic rings. The monoisotopic (exact) mass is 402 g/mol. The van der Waals surface area contributed by atoms with E-state index in [1.54, 1.807) is 0 Å². The van der Waals surface area contributed by atoms with Crippen molar-refractivity contribution in [3.63, 3.8) is 0 Å². The van der Waals surface area contributed by atoms with Gasteiger partial charge in [0.2, 0.25) is 11.8 Å². The second kappa shape index (κ2) is 11.7. The molecular weight excluding hydrogens is 372 g/mol. The number of hydrogen-bond acceptors (Lipinski definition) is 2. The molecule has 0 heterocycles. The van der Waals surface area contributed by atoms with Crippen LogP contribution >= 0.6 is 0 Å². The van der Waals surface area contributed by atoms with Crippen LogP contribution in [0.25, 0.3) is 0 Å². The molecule has 0 radical (unpaired) electrons. The summed E-state index contributed by atoms with van der Waals surface area (Å²) in [5.74, 6) is 10.6. The average Bonchev–Trinajstić information content (AvgIpc) is 2.75. The van der Waals surface area contributed by atoms with E-state index in [1.807, 2.05) is 49.4 Å². The fourth-order valence-electron chi connectivity index (χ4n) is 3.90. The Hall–Kier alpha value is -3.24. The number of benzene rings is 1. The third-order valence-corrected chi connectivity index (χ3v) is 5.30. The summed E-state index contributed by atoms with van der Waals surface area (Å²) in [4.78, 5) is 25.5. The SMILES string of the molecule is CCC#CC#CCC(=O)NCNC(=O)C(c1ccccc1)(C(C)C)C1C=CC=CC1. The lowest BCUT2D eigenvalue weighted by molar-refractivity contribution is -0.130. The Balaban J connectivity index is 2.13. The van der Waals surface area contributed by atoms with E-state index in [1.165, 1.54) is 0 Å². The van der Waals surface area contributed by atoms with Crippen LogP contribution in [-0.2, 0) is 15.0 Å². The lowest BCUT2D eigenvalue weighted by Gasteiger charge is -2.42. The van der Waals surface area contributed by atoms with Crippen molar-refractivity contribution in [2.45, 2.75) is 45.4 Å². The maximum absolute atomic E-state index is 13.6. The van der Waals surface area contributed by atoms with Crippen molar-refractivity contribution in [3.8, 4) is 23.7 Å². The zero-order valence-corrected chi connectivity index (χ0v) is 18.0. The number of allylic oxidation sites excluding steroid dienone is 4. The minimum Gasteiger partial charge on any atom is -0.338 e. The van der Waals surface area contributed by atoms with Crippen LogP contribution in [0, 0.1) is 35.5 Å². The predicted molar refractivity (Wildman–Crippen MR) is 121 cm³/mol. The van der Waals surface area contributed by atoms with Gasteiger partial charge in [-0.1, -0.05) is 87.2 Å². The molecule has 4 nitrogen and oxygen atoms in total. The maximum atomic E-state index is 13.6. The van der Waals surface area contributed by atoms with Gasteiger partial charge in [-0.3, -0.25) is 9.59 Å². The molecule has 0 saturated heterocycles. The summed E-state index contributed by atoms with van der Waals surface area (Å²) in [6.07, 6.45) is 9.80. The summed E-state index contributed by atoms with van der Waals surface area (Å²) in [6, 6.07) is 9.90. The van der Waals surface area contributed by atoms with Gasteiger partial charge in [-0.25, -0.2) is 0 Å². The summed E-state index contributed by atoms with van der Waals surface area (Å²) in [7, 11) is 0. The molecule has 2 rings (SSSR count). The normalized spacial score (nSPS) is 16.5. The molecule has 0 spiro atoms. The molecule has 0 bridgehead atoms. The first kappa shape index (κ1) is 23.0. The van der Waals surface area contributed by atoms with Gasteiger partial charge in [0.15, 0.2) is 0 Å². The second-order valence-electron chi connectivity index (χ2n) is 7.46. The lowest BCUT2D eigenvalue weighted by Crippen LogP contribution is -2.54.